The number of ether oxygens (including phenoxy) is 1. The van der Waals surface area contributed by atoms with Gasteiger partial charge in [-0.1, -0.05) is 57.2 Å². The van der Waals surface area contributed by atoms with Gasteiger partial charge in [0.1, 0.15) is 5.78 Å². The van der Waals surface area contributed by atoms with Gasteiger partial charge in [-0.2, -0.15) is 0 Å². The number of carbonyl (C=O) groups excluding carboxylic acids is 3. The highest BCUT2D eigenvalue weighted by molar-refractivity contribution is 7.58. The molecule has 0 bridgehead atoms. The Balaban J connectivity index is 2.30. The number of nitrogens with one attached hydrogen (secondary N) is 1. The Morgan fingerprint density at radius 1 is 1.00 bits per heavy atom. The number of hydrogen-bond acceptors (Lipinski definition) is 5. The summed E-state index contributed by atoms with van der Waals surface area (Å²) in [6, 6.07) is 15.4. The van der Waals surface area contributed by atoms with E-state index in [4.69, 9.17) is 4.74 Å². The van der Waals surface area contributed by atoms with Crippen molar-refractivity contribution in [2.45, 2.75) is 45.8 Å². The van der Waals surface area contributed by atoms with Gasteiger partial charge in [0.25, 0.3) is 11.8 Å². The Morgan fingerprint density at radius 2 is 1.61 bits per heavy atom. The number of esters is 1. The van der Waals surface area contributed by atoms with Crippen molar-refractivity contribution in [3.63, 3.8) is 0 Å². The number of benzene rings is 2. The van der Waals surface area contributed by atoms with Crippen LogP contribution in [0.5, 0.6) is 0 Å². The van der Waals surface area contributed by atoms with Gasteiger partial charge in [0.05, 0.1) is 13.0 Å². The fourth-order valence-corrected chi connectivity index (χ4v) is 6.00. The summed E-state index contributed by atoms with van der Waals surface area (Å²) in [7, 11) is -2.82. The van der Waals surface area contributed by atoms with Crippen molar-refractivity contribution in [1.82, 2.24) is 10.2 Å². The van der Waals surface area contributed by atoms with E-state index in [2.05, 4.69) is 5.32 Å². The molecule has 0 heterocycles. The molecule has 2 aromatic rings. The summed E-state index contributed by atoms with van der Waals surface area (Å²) in [4.78, 5) is 50.8. The summed E-state index contributed by atoms with van der Waals surface area (Å²) in [5.74, 6) is -3.26. The van der Waals surface area contributed by atoms with Gasteiger partial charge in [0.15, 0.2) is 0 Å². The molecule has 8 nitrogen and oxygen atoms in total. The molecule has 0 aliphatic carbocycles. The van der Waals surface area contributed by atoms with Crippen LogP contribution in [0.4, 0.5) is 0 Å². The van der Waals surface area contributed by atoms with Crippen LogP contribution in [0.15, 0.2) is 54.6 Å². The Labute approximate surface area is 213 Å². The molecule has 0 fully saturated rings. The Morgan fingerprint density at radius 3 is 2.19 bits per heavy atom. The Kier molecular flexibility index (Phi) is 11.3. The summed E-state index contributed by atoms with van der Waals surface area (Å²) in [6.07, 6.45) is 1.42. The van der Waals surface area contributed by atoms with Gasteiger partial charge in [-0.25, -0.2) is 0 Å². The molecule has 0 aromatic heterocycles. The van der Waals surface area contributed by atoms with Crippen LogP contribution >= 0.6 is 7.37 Å². The number of hydrogen-bond donors (Lipinski definition) is 2. The molecule has 2 rings (SSSR count). The molecule has 0 saturated heterocycles. The Hall–Kier alpha value is -2.96. The predicted molar refractivity (Wildman–Crippen MR) is 140 cm³/mol. The maximum Gasteiger partial charge on any atom is 0.308 e. The van der Waals surface area contributed by atoms with Crippen LogP contribution in [0.1, 0.15) is 59.9 Å². The van der Waals surface area contributed by atoms with Crippen molar-refractivity contribution in [1.29, 1.82) is 0 Å². The van der Waals surface area contributed by atoms with Crippen molar-refractivity contribution >= 4 is 25.2 Å². The lowest BCUT2D eigenvalue weighted by molar-refractivity contribution is -0.144. The van der Waals surface area contributed by atoms with Crippen molar-refractivity contribution in [2.24, 2.45) is 5.92 Å². The second kappa shape index (κ2) is 14.0. The maximum atomic E-state index is 13.4. The molecule has 0 aliphatic heterocycles. The first kappa shape index (κ1) is 29.3. The minimum atomic E-state index is -4.04. The van der Waals surface area contributed by atoms with Crippen LogP contribution in [0.2, 0.25) is 0 Å². The molecule has 0 spiro atoms. The molecule has 9 heteroatoms. The quantitative estimate of drug-likeness (QED) is 0.303. The van der Waals surface area contributed by atoms with E-state index in [0.717, 1.165) is 18.4 Å². The van der Waals surface area contributed by atoms with E-state index in [1.165, 1.54) is 20.1 Å². The first-order chi connectivity index (χ1) is 17.1. The summed E-state index contributed by atoms with van der Waals surface area (Å²) >= 11 is 0. The van der Waals surface area contributed by atoms with Crippen LogP contribution in [0, 0.1) is 5.92 Å². The molecule has 3 atom stereocenters. The van der Waals surface area contributed by atoms with E-state index in [1.807, 2.05) is 19.9 Å². The standard InChI is InChI=1S/C27H37N2O6P/c1-5-15-29(16-6-2)26(31)23-14-10-13-22(18-23)25(30)28-24(17-21-11-8-7-9-12-21)36(33,34)19-20(3)27(32)35-4/h7-14,18,20,24H,5-6,15-17,19H2,1-4H3,(H,28,30)(H,33,34)/t20?,24-/m1/s1. The molecular formula is C27H37N2O6P. The maximum absolute atomic E-state index is 13.4. The zero-order valence-electron chi connectivity index (χ0n) is 21.5. The smallest absolute Gasteiger partial charge is 0.308 e. The molecule has 2 N–H and O–H groups in total. The van der Waals surface area contributed by atoms with Gasteiger partial charge < -0.3 is 19.8 Å². The van der Waals surface area contributed by atoms with Crippen LogP contribution in [0.25, 0.3) is 0 Å². The minimum Gasteiger partial charge on any atom is -0.469 e. The van der Waals surface area contributed by atoms with E-state index in [1.54, 1.807) is 47.4 Å². The zero-order chi connectivity index (χ0) is 26.7. The molecule has 2 aromatic carbocycles. The minimum absolute atomic E-state index is 0.105. The molecule has 196 valence electrons. The van der Waals surface area contributed by atoms with Gasteiger partial charge in [-0.05, 0) is 36.6 Å². The summed E-state index contributed by atoms with van der Waals surface area (Å²) in [5, 5.41) is 2.70. The van der Waals surface area contributed by atoms with Crippen LogP contribution < -0.4 is 5.32 Å². The summed E-state index contributed by atoms with van der Waals surface area (Å²) in [6.45, 7) is 6.76. The van der Waals surface area contributed by atoms with E-state index in [0.29, 0.717) is 18.7 Å². The SMILES string of the molecule is CCCN(CCC)C(=O)c1cccc(C(=O)N[C@@H](Cc2ccccc2)P(=O)(O)CC(C)C(=O)OC)c1. The molecule has 2 amide bonds. The third-order valence-electron chi connectivity index (χ3n) is 5.84. The highest BCUT2D eigenvalue weighted by Crippen LogP contribution is 2.48. The monoisotopic (exact) mass is 516 g/mol. The Bertz CT molecular complexity index is 1070. The number of methoxy groups -OCH3 is 1. The number of amides is 2. The van der Waals surface area contributed by atoms with Crippen molar-refractivity contribution in [3.8, 4) is 0 Å². The van der Waals surface area contributed by atoms with Crippen LogP contribution in [-0.4, -0.2) is 59.7 Å². The van der Waals surface area contributed by atoms with Gasteiger partial charge in [-0.15, -0.1) is 0 Å². The second-order valence-electron chi connectivity index (χ2n) is 8.91. The van der Waals surface area contributed by atoms with Crippen molar-refractivity contribution in [2.75, 3.05) is 26.4 Å². The number of rotatable bonds is 13. The molecule has 0 radical (unpaired) electrons. The van der Waals surface area contributed by atoms with Gasteiger partial charge in [-0.3, -0.25) is 18.9 Å². The highest BCUT2D eigenvalue weighted by atomic mass is 31.2. The van der Waals surface area contributed by atoms with E-state index in [9.17, 15) is 23.8 Å². The topological polar surface area (TPSA) is 113 Å². The van der Waals surface area contributed by atoms with Gasteiger partial charge >= 0.3 is 5.97 Å². The van der Waals surface area contributed by atoms with E-state index < -0.39 is 30.9 Å². The normalized spacial score (nSPS) is 14.2. The highest BCUT2D eigenvalue weighted by Gasteiger charge is 2.36. The molecule has 0 aliphatic rings. The molecule has 0 saturated carbocycles. The van der Waals surface area contributed by atoms with E-state index in [-0.39, 0.29) is 24.1 Å². The average Bonchev–Trinajstić information content (AvgIpc) is 2.87. The van der Waals surface area contributed by atoms with Crippen LogP contribution in [0.3, 0.4) is 0 Å². The van der Waals surface area contributed by atoms with Crippen LogP contribution in [-0.2, 0) is 20.5 Å². The molecular weight excluding hydrogens is 479 g/mol. The van der Waals surface area contributed by atoms with Gasteiger partial charge in [0.2, 0.25) is 7.37 Å². The third kappa shape index (κ3) is 8.32. The largest absolute Gasteiger partial charge is 0.469 e. The van der Waals surface area contributed by atoms with Gasteiger partial charge in [0, 0.05) is 36.8 Å². The first-order valence-corrected chi connectivity index (χ1v) is 14.2. The number of carbonyl (C=O) groups is 3. The molecule has 2 unspecified atom stereocenters. The summed E-state index contributed by atoms with van der Waals surface area (Å²) in [5.41, 5.74) is 1.37. The zero-order valence-corrected chi connectivity index (χ0v) is 22.4. The molecule has 36 heavy (non-hydrogen) atoms. The van der Waals surface area contributed by atoms with Crippen molar-refractivity contribution in [3.05, 3.63) is 71.3 Å². The lowest BCUT2D eigenvalue weighted by Gasteiger charge is -2.26. The average molecular weight is 517 g/mol. The number of nitrogens with zero attached hydrogens (tertiary/aromatic N) is 1. The third-order valence-corrected chi connectivity index (χ3v) is 8.20. The summed E-state index contributed by atoms with van der Waals surface area (Å²) < 4.78 is 18.1. The first-order valence-electron chi connectivity index (χ1n) is 12.3. The van der Waals surface area contributed by atoms with Crippen molar-refractivity contribution < 1.29 is 28.6 Å². The lowest BCUT2D eigenvalue weighted by Crippen LogP contribution is -2.38. The fraction of sp³-hybridized carbons (Fsp3) is 0.444. The fourth-order valence-electron chi connectivity index (χ4n) is 3.99. The lowest BCUT2D eigenvalue weighted by atomic mass is 10.1. The predicted octanol–water partition coefficient (Wildman–Crippen LogP) is 4.33. The second-order valence-corrected chi connectivity index (χ2v) is 11.4. The van der Waals surface area contributed by atoms with E-state index >= 15 is 0 Å².